The highest BCUT2D eigenvalue weighted by Crippen LogP contribution is 2.38. The van der Waals surface area contributed by atoms with Crippen LogP contribution in [0, 0.1) is 0 Å². The molecular weight excluding hydrogens is 292 g/mol. The van der Waals surface area contributed by atoms with Crippen molar-refractivity contribution in [3.8, 4) is 0 Å². The van der Waals surface area contributed by atoms with Gasteiger partial charge in [0, 0.05) is 37.7 Å². The zero-order valence-corrected chi connectivity index (χ0v) is 13.4. The number of hydrogen-bond donors (Lipinski definition) is 1. The Bertz CT molecular complexity index is 701. The lowest BCUT2D eigenvalue weighted by Crippen LogP contribution is -2.40. The van der Waals surface area contributed by atoms with Crippen LogP contribution in [0.1, 0.15) is 66.6 Å². The van der Waals surface area contributed by atoms with E-state index in [0.717, 1.165) is 31.0 Å². The zero-order valence-electron chi connectivity index (χ0n) is 13.4. The third-order valence-electron chi connectivity index (χ3n) is 4.79. The van der Waals surface area contributed by atoms with E-state index in [1.165, 1.54) is 12.8 Å². The number of carbonyl (C=O) groups is 1. The summed E-state index contributed by atoms with van der Waals surface area (Å²) in [6.07, 6.45) is 6.15. The van der Waals surface area contributed by atoms with Crippen molar-refractivity contribution in [2.75, 3.05) is 13.1 Å². The van der Waals surface area contributed by atoms with E-state index in [1.807, 2.05) is 11.8 Å². The van der Waals surface area contributed by atoms with Gasteiger partial charge in [0.1, 0.15) is 11.5 Å². The fourth-order valence-electron chi connectivity index (χ4n) is 3.31. The van der Waals surface area contributed by atoms with Gasteiger partial charge in [0.25, 0.3) is 5.91 Å². The van der Waals surface area contributed by atoms with Crippen LogP contribution in [0.15, 0.2) is 12.3 Å². The topological polar surface area (TPSA) is 79.7 Å². The monoisotopic (exact) mass is 314 g/mol. The number of aromatic amines is 1. The van der Waals surface area contributed by atoms with E-state index in [4.69, 9.17) is 0 Å². The normalized spacial score (nSPS) is 21.6. The third kappa shape index (κ3) is 2.75. The van der Waals surface area contributed by atoms with Crippen LogP contribution in [0.2, 0.25) is 0 Å². The summed E-state index contributed by atoms with van der Waals surface area (Å²) in [5.41, 5.74) is 0.668. The van der Waals surface area contributed by atoms with Crippen LogP contribution in [0.25, 0.3) is 0 Å². The van der Waals surface area contributed by atoms with Gasteiger partial charge in [0.2, 0.25) is 0 Å². The lowest BCUT2D eigenvalue weighted by Gasteiger charge is -2.31. The quantitative estimate of drug-likeness (QED) is 0.935. The second kappa shape index (κ2) is 5.79. The summed E-state index contributed by atoms with van der Waals surface area (Å²) in [6, 6.07) is 1.80. The number of hydrogen-bond acceptors (Lipinski definition) is 4. The number of nitrogens with zero attached hydrogens (tertiary/aromatic N) is 5. The van der Waals surface area contributed by atoms with Gasteiger partial charge >= 0.3 is 0 Å². The van der Waals surface area contributed by atoms with Gasteiger partial charge in [-0.1, -0.05) is 0 Å². The van der Waals surface area contributed by atoms with Gasteiger partial charge < -0.3 is 4.90 Å². The van der Waals surface area contributed by atoms with Crippen LogP contribution >= 0.6 is 0 Å². The maximum atomic E-state index is 12.8. The van der Waals surface area contributed by atoms with Crippen molar-refractivity contribution < 1.29 is 4.79 Å². The van der Waals surface area contributed by atoms with Gasteiger partial charge in [-0.05, 0) is 38.7 Å². The molecule has 7 heteroatoms. The van der Waals surface area contributed by atoms with E-state index >= 15 is 0 Å². The lowest BCUT2D eigenvalue weighted by molar-refractivity contribution is 0.0692. The fourth-order valence-corrected chi connectivity index (χ4v) is 3.31. The minimum atomic E-state index is 0.0620. The van der Waals surface area contributed by atoms with Crippen molar-refractivity contribution in [2.45, 2.75) is 51.0 Å². The molecule has 122 valence electrons. The highest BCUT2D eigenvalue weighted by atomic mass is 16.2. The first kappa shape index (κ1) is 14.4. The maximum absolute atomic E-state index is 12.8. The summed E-state index contributed by atoms with van der Waals surface area (Å²) in [4.78, 5) is 19.3. The first-order chi connectivity index (χ1) is 11.3. The van der Waals surface area contributed by atoms with Crippen LogP contribution in [0.5, 0.6) is 0 Å². The molecule has 0 bridgehead atoms. The lowest BCUT2D eigenvalue weighted by atomic mass is 9.97. The molecule has 1 atom stereocenters. The summed E-state index contributed by atoms with van der Waals surface area (Å²) in [6.45, 7) is 4.19. The van der Waals surface area contributed by atoms with Gasteiger partial charge in [-0.25, -0.2) is 4.98 Å². The molecule has 0 spiro atoms. The molecule has 1 aliphatic heterocycles. The smallest absolute Gasteiger partial charge is 0.272 e. The largest absolute Gasteiger partial charge is 0.337 e. The Morgan fingerprint density at radius 2 is 2.22 bits per heavy atom. The predicted molar refractivity (Wildman–Crippen MR) is 84.1 cm³/mol. The predicted octanol–water partition coefficient (Wildman–Crippen LogP) is 1.92. The second-order valence-electron chi connectivity index (χ2n) is 6.48. The Hall–Kier alpha value is -2.18. The highest BCUT2D eigenvalue weighted by molar-refractivity contribution is 5.92. The summed E-state index contributed by atoms with van der Waals surface area (Å²) in [5.74, 6) is 2.76. The molecule has 7 nitrogen and oxygen atoms in total. The number of piperidine rings is 1. The number of H-pyrrole nitrogens is 1. The minimum absolute atomic E-state index is 0.0620. The summed E-state index contributed by atoms with van der Waals surface area (Å²) >= 11 is 0. The van der Waals surface area contributed by atoms with Crippen molar-refractivity contribution in [2.24, 2.45) is 0 Å². The van der Waals surface area contributed by atoms with Gasteiger partial charge in [-0.2, -0.15) is 10.2 Å². The average Bonchev–Trinajstić information content (AvgIpc) is 3.14. The minimum Gasteiger partial charge on any atom is -0.337 e. The number of likely N-dealkylation sites (tertiary alicyclic amines) is 1. The second-order valence-corrected chi connectivity index (χ2v) is 6.48. The Labute approximate surface area is 135 Å². The molecule has 2 aliphatic rings. The van der Waals surface area contributed by atoms with Gasteiger partial charge in [0.15, 0.2) is 5.82 Å². The highest BCUT2D eigenvalue weighted by Gasteiger charge is 2.31. The van der Waals surface area contributed by atoms with Crippen molar-refractivity contribution in [3.63, 3.8) is 0 Å². The summed E-state index contributed by atoms with van der Waals surface area (Å²) in [5, 5.41) is 11.7. The van der Waals surface area contributed by atoms with Crippen molar-refractivity contribution in [1.29, 1.82) is 0 Å². The molecule has 1 aliphatic carbocycles. The molecule has 2 aromatic heterocycles. The molecule has 1 saturated carbocycles. The Morgan fingerprint density at radius 1 is 1.35 bits per heavy atom. The van der Waals surface area contributed by atoms with Crippen LogP contribution in [0.3, 0.4) is 0 Å². The van der Waals surface area contributed by atoms with E-state index in [9.17, 15) is 4.79 Å². The average molecular weight is 314 g/mol. The molecular formula is C16H22N6O. The van der Waals surface area contributed by atoms with Crippen LogP contribution in [0.4, 0.5) is 0 Å². The van der Waals surface area contributed by atoms with Crippen molar-refractivity contribution in [1.82, 2.24) is 29.9 Å². The Kier molecular flexibility index (Phi) is 3.63. The number of aromatic nitrogens is 5. The van der Waals surface area contributed by atoms with E-state index in [1.54, 1.807) is 16.9 Å². The summed E-state index contributed by atoms with van der Waals surface area (Å²) < 4.78 is 1.75. The molecule has 1 amide bonds. The molecule has 2 fully saturated rings. The number of rotatable bonds is 4. The first-order valence-electron chi connectivity index (χ1n) is 8.49. The molecule has 1 saturated heterocycles. The van der Waals surface area contributed by atoms with Crippen LogP contribution in [-0.2, 0) is 6.54 Å². The summed E-state index contributed by atoms with van der Waals surface area (Å²) in [7, 11) is 0. The van der Waals surface area contributed by atoms with E-state index < -0.39 is 0 Å². The van der Waals surface area contributed by atoms with E-state index in [2.05, 4.69) is 20.3 Å². The van der Waals surface area contributed by atoms with E-state index in [0.29, 0.717) is 24.7 Å². The standard InChI is InChI=1S/C16H22N6O/c1-2-22-13(7-8-17-22)16(23)21-9-3-4-12(10-21)15-18-14(19-20-15)11-5-6-11/h7-8,11-12H,2-6,9-10H2,1H3,(H,18,19,20). The number of nitrogens with one attached hydrogen (secondary N) is 1. The van der Waals surface area contributed by atoms with Gasteiger partial charge in [-0.15, -0.1) is 0 Å². The Balaban J connectivity index is 1.48. The number of aryl methyl sites for hydroxylation is 1. The SMILES string of the molecule is CCn1nccc1C(=O)N1CCCC(c2n[nH]c(C3CC3)n2)C1. The molecule has 0 radical (unpaired) electrons. The molecule has 4 rings (SSSR count). The molecule has 0 aromatic carbocycles. The number of amides is 1. The van der Waals surface area contributed by atoms with Gasteiger partial charge in [-0.3, -0.25) is 14.6 Å². The molecule has 2 aromatic rings. The number of carbonyl (C=O) groups excluding carboxylic acids is 1. The fraction of sp³-hybridized carbons (Fsp3) is 0.625. The zero-order chi connectivity index (χ0) is 15.8. The van der Waals surface area contributed by atoms with Crippen molar-refractivity contribution >= 4 is 5.91 Å². The first-order valence-corrected chi connectivity index (χ1v) is 8.49. The Morgan fingerprint density at radius 3 is 3.00 bits per heavy atom. The maximum Gasteiger partial charge on any atom is 0.272 e. The van der Waals surface area contributed by atoms with Crippen molar-refractivity contribution in [3.05, 3.63) is 29.6 Å². The molecule has 1 N–H and O–H groups in total. The van der Waals surface area contributed by atoms with Crippen LogP contribution in [-0.4, -0.2) is 48.9 Å². The molecule has 3 heterocycles. The van der Waals surface area contributed by atoms with E-state index in [-0.39, 0.29) is 11.8 Å². The molecule has 23 heavy (non-hydrogen) atoms. The van der Waals surface area contributed by atoms with Gasteiger partial charge in [0.05, 0.1) is 0 Å². The molecule has 1 unspecified atom stereocenters. The third-order valence-corrected chi connectivity index (χ3v) is 4.79. The van der Waals surface area contributed by atoms with Crippen LogP contribution < -0.4 is 0 Å².